The predicted molar refractivity (Wildman–Crippen MR) is 50.5 cm³/mol. The lowest BCUT2D eigenvalue weighted by atomic mass is 10.1. The van der Waals surface area contributed by atoms with E-state index in [0.29, 0.717) is 5.25 Å². The van der Waals surface area contributed by atoms with Gasteiger partial charge in [0.15, 0.2) is 0 Å². The molecule has 0 radical (unpaired) electrons. The maximum absolute atomic E-state index is 11.4. The lowest BCUT2D eigenvalue weighted by Crippen LogP contribution is -2.28. The summed E-state index contributed by atoms with van der Waals surface area (Å²) < 4.78 is 0. The first-order valence-corrected chi connectivity index (χ1v) is 4.99. The van der Waals surface area contributed by atoms with Crippen molar-refractivity contribution in [2.75, 3.05) is 20.1 Å². The second-order valence-electron chi connectivity index (χ2n) is 3.45. The Balaban J connectivity index is 2.20. The van der Waals surface area contributed by atoms with Crippen molar-refractivity contribution in [1.82, 2.24) is 4.90 Å². The number of aliphatic imine (C=N–C) groups is 1. The minimum Gasteiger partial charge on any atom is -0.304 e. The van der Waals surface area contributed by atoms with Crippen LogP contribution in [0.5, 0.6) is 0 Å². The van der Waals surface area contributed by atoms with E-state index in [1.807, 2.05) is 6.92 Å². The first-order chi connectivity index (χ1) is 5.66. The highest BCUT2D eigenvalue weighted by Gasteiger charge is 2.39. The van der Waals surface area contributed by atoms with E-state index in [1.165, 1.54) is 0 Å². The molecule has 2 heterocycles. The van der Waals surface area contributed by atoms with Gasteiger partial charge in [-0.2, -0.15) is 0 Å². The standard InChI is InChI=1S/C8H12N2OS/c1-5-9-8(11)6-3-10(2)4-7(6)12-5/h6-7H,3-4H2,1-2H3. The maximum atomic E-state index is 11.4. The first-order valence-electron chi connectivity index (χ1n) is 4.11. The highest BCUT2D eigenvalue weighted by Crippen LogP contribution is 2.32. The van der Waals surface area contributed by atoms with Crippen molar-refractivity contribution in [3.8, 4) is 0 Å². The third-order valence-corrected chi connectivity index (χ3v) is 3.57. The van der Waals surface area contributed by atoms with E-state index < -0.39 is 0 Å². The minimum atomic E-state index is 0.0839. The van der Waals surface area contributed by atoms with Crippen LogP contribution in [0.3, 0.4) is 0 Å². The van der Waals surface area contributed by atoms with E-state index in [4.69, 9.17) is 0 Å². The molecule has 0 aromatic carbocycles. The van der Waals surface area contributed by atoms with Gasteiger partial charge in [0.2, 0.25) is 0 Å². The molecule has 0 aromatic heterocycles. The van der Waals surface area contributed by atoms with Gasteiger partial charge in [0.25, 0.3) is 5.91 Å². The van der Waals surface area contributed by atoms with Crippen LogP contribution in [0, 0.1) is 5.92 Å². The normalized spacial score (nSPS) is 36.5. The molecule has 2 aliphatic heterocycles. The number of carbonyl (C=O) groups excluding carboxylic acids is 1. The van der Waals surface area contributed by atoms with E-state index >= 15 is 0 Å². The van der Waals surface area contributed by atoms with Crippen molar-refractivity contribution in [3.63, 3.8) is 0 Å². The lowest BCUT2D eigenvalue weighted by Gasteiger charge is -2.19. The molecule has 2 aliphatic rings. The summed E-state index contributed by atoms with van der Waals surface area (Å²) in [5.74, 6) is 0.240. The van der Waals surface area contributed by atoms with Gasteiger partial charge in [-0.3, -0.25) is 4.79 Å². The SMILES string of the molecule is CC1=NC(=O)C2CN(C)CC2S1. The number of nitrogens with zero attached hydrogens (tertiary/aromatic N) is 2. The van der Waals surface area contributed by atoms with Crippen LogP contribution in [0.2, 0.25) is 0 Å². The van der Waals surface area contributed by atoms with E-state index in [9.17, 15) is 4.79 Å². The van der Waals surface area contributed by atoms with Crippen LogP contribution in [0.1, 0.15) is 6.92 Å². The highest BCUT2D eigenvalue weighted by molar-refractivity contribution is 8.14. The van der Waals surface area contributed by atoms with E-state index in [0.717, 1.165) is 18.1 Å². The van der Waals surface area contributed by atoms with Gasteiger partial charge in [-0.1, -0.05) is 0 Å². The number of thioether (sulfide) groups is 1. The molecule has 2 unspecified atom stereocenters. The molecule has 1 amide bonds. The fraction of sp³-hybridized carbons (Fsp3) is 0.750. The van der Waals surface area contributed by atoms with Gasteiger partial charge >= 0.3 is 0 Å². The fourth-order valence-corrected chi connectivity index (χ4v) is 3.08. The summed E-state index contributed by atoms with van der Waals surface area (Å²) in [6, 6.07) is 0. The van der Waals surface area contributed by atoms with Crippen LogP contribution in [-0.4, -0.2) is 41.2 Å². The Hall–Kier alpha value is -0.350. The highest BCUT2D eigenvalue weighted by atomic mass is 32.2. The third-order valence-electron chi connectivity index (χ3n) is 2.36. The first kappa shape index (κ1) is 8.26. The largest absolute Gasteiger partial charge is 0.304 e. The monoisotopic (exact) mass is 184 g/mol. The van der Waals surface area contributed by atoms with Gasteiger partial charge in [0.1, 0.15) is 0 Å². The summed E-state index contributed by atoms with van der Waals surface area (Å²) in [4.78, 5) is 17.6. The Morgan fingerprint density at radius 2 is 2.33 bits per heavy atom. The van der Waals surface area contributed by atoms with Crippen LogP contribution in [0.4, 0.5) is 0 Å². The maximum Gasteiger partial charge on any atom is 0.251 e. The summed E-state index contributed by atoms with van der Waals surface area (Å²) in [6.45, 7) is 3.82. The van der Waals surface area contributed by atoms with E-state index in [1.54, 1.807) is 11.8 Å². The molecule has 0 spiro atoms. The molecule has 0 saturated carbocycles. The van der Waals surface area contributed by atoms with Crippen molar-refractivity contribution in [1.29, 1.82) is 0 Å². The summed E-state index contributed by atoms with van der Waals surface area (Å²) >= 11 is 1.75. The van der Waals surface area contributed by atoms with E-state index in [-0.39, 0.29) is 11.8 Å². The average Bonchev–Trinajstić information content (AvgIpc) is 2.29. The van der Waals surface area contributed by atoms with Crippen molar-refractivity contribution in [3.05, 3.63) is 0 Å². The molecule has 2 rings (SSSR count). The molecular formula is C8H12N2OS. The molecule has 0 N–H and O–H groups in total. The fourth-order valence-electron chi connectivity index (χ4n) is 1.80. The molecule has 0 bridgehead atoms. The van der Waals surface area contributed by atoms with Gasteiger partial charge in [-0.05, 0) is 14.0 Å². The zero-order chi connectivity index (χ0) is 8.72. The molecule has 3 nitrogen and oxygen atoms in total. The van der Waals surface area contributed by atoms with Crippen LogP contribution < -0.4 is 0 Å². The van der Waals surface area contributed by atoms with Crippen molar-refractivity contribution in [2.24, 2.45) is 10.9 Å². The molecule has 1 saturated heterocycles. The van der Waals surface area contributed by atoms with Gasteiger partial charge in [0.05, 0.1) is 11.0 Å². The van der Waals surface area contributed by atoms with Crippen LogP contribution in [0.25, 0.3) is 0 Å². The molecule has 2 atom stereocenters. The number of fused-ring (bicyclic) bond motifs is 1. The number of likely N-dealkylation sites (tertiary alicyclic amines) is 1. The number of carbonyl (C=O) groups is 1. The number of rotatable bonds is 0. The molecule has 0 aliphatic carbocycles. The van der Waals surface area contributed by atoms with Crippen molar-refractivity contribution >= 4 is 22.7 Å². The number of hydrogen-bond acceptors (Lipinski definition) is 3. The zero-order valence-electron chi connectivity index (χ0n) is 7.28. The Kier molecular flexibility index (Phi) is 1.96. The van der Waals surface area contributed by atoms with Gasteiger partial charge in [-0.15, -0.1) is 11.8 Å². The molecular weight excluding hydrogens is 172 g/mol. The second kappa shape index (κ2) is 2.85. The van der Waals surface area contributed by atoms with Gasteiger partial charge < -0.3 is 4.90 Å². The zero-order valence-corrected chi connectivity index (χ0v) is 8.10. The van der Waals surface area contributed by atoms with Gasteiger partial charge in [-0.25, -0.2) is 4.99 Å². The van der Waals surface area contributed by atoms with Crippen LogP contribution in [-0.2, 0) is 4.79 Å². The summed E-state index contributed by atoms with van der Waals surface area (Å²) in [7, 11) is 2.06. The number of amides is 1. The van der Waals surface area contributed by atoms with Crippen LogP contribution >= 0.6 is 11.8 Å². The Labute approximate surface area is 76.2 Å². The smallest absolute Gasteiger partial charge is 0.251 e. The summed E-state index contributed by atoms with van der Waals surface area (Å²) in [5, 5.41) is 1.39. The Morgan fingerprint density at radius 1 is 1.58 bits per heavy atom. The summed E-state index contributed by atoms with van der Waals surface area (Å²) in [5.41, 5.74) is 0. The number of hydrogen-bond donors (Lipinski definition) is 0. The minimum absolute atomic E-state index is 0.0839. The quantitative estimate of drug-likeness (QED) is 0.553. The van der Waals surface area contributed by atoms with Crippen molar-refractivity contribution < 1.29 is 4.79 Å². The molecule has 1 fully saturated rings. The predicted octanol–water partition coefficient (Wildman–Crippen LogP) is 0.608. The second-order valence-corrected chi connectivity index (χ2v) is 4.89. The van der Waals surface area contributed by atoms with Crippen molar-refractivity contribution in [2.45, 2.75) is 12.2 Å². The topological polar surface area (TPSA) is 32.7 Å². The molecule has 66 valence electrons. The van der Waals surface area contributed by atoms with Gasteiger partial charge in [0, 0.05) is 18.3 Å². The molecule has 12 heavy (non-hydrogen) atoms. The third kappa shape index (κ3) is 1.29. The Bertz CT molecular complexity index is 251. The Morgan fingerprint density at radius 3 is 3.08 bits per heavy atom. The lowest BCUT2D eigenvalue weighted by molar-refractivity contribution is -0.121. The summed E-state index contributed by atoms with van der Waals surface area (Å²) in [6.07, 6.45) is 0. The van der Waals surface area contributed by atoms with E-state index in [2.05, 4.69) is 16.9 Å². The average molecular weight is 184 g/mol. The molecule has 0 aromatic rings. The molecule has 4 heteroatoms. The van der Waals surface area contributed by atoms with Crippen LogP contribution in [0.15, 0.2) is 4.99 Å².